The molecule has 1 amide bonds. The number of hydrogen-bond acceptors (Lipinski definition) is 3. The second kappa shape index (κ2) is 7.02. The number of aromatic nitrogens is 2. The maximum atomic E-state index is 12.4. The Hall–Kier alpha value is -3.39. The highest BCUT2D eigenvalue weighted by atomic mass is 16.1. The summed E-state index contributed by atoms with van der Waals surface area (Å²) in [7, 11) is 0. The van der Waals surface area contributed by atoms with Crippen LogP contribution in [0.1, 0.15) is 34.1 Å². The molecule has 0 aliphatic rings. The molecule has 1 heterocycles. The van der Waals surface area contributed by atoms with E-state index in [2.05, 4.69) is 10.4 Å². The number of rotatable bonds is 4. The van der Waals surface area contributed by atoms with E-state index < -0.39 is 0 Å². The van der Waals surface area contributed by atoms with Crippen LogP contribution in [0.3, 0.4) is 0 Å². The number of carbonyl (C=O) groups excluding carboxylic acids is 1. The quantitative estimate of drug-likeness (QED) is 0.789. The van der Waals surface area contributed by atoms with Gasteiger partial charge >= 0.3 is 0 Å². The van der Waals surface area contributed by atoms with E-state index in [4.69, 9.17) is 5.26 Å². The molecule has 25 heavy (non-hydrogen) atoms. The van der Waals surface area contributed by atoms with E-state index in [0.717, 1.165) is 23.4 Å². The fourth-order valence-corrected chi connectivity index (χ4v) is 2.63. The van der Waals surface area contributed by atoms with Gasteiger partial charge in [-0.25, -0.2) is 4.68 Å². The third kappa shape index (κ3) is 3.59. The normalized spacial score (nSPS) is 10.3. The second-order valence-corrected chi connectivity index (χ2v) is 5.77. The molecule has 124 valence electrons. The van der Waals surface area contributed by atoms with E-state index in [1.54, 1.807) is 24.3 Å². The van der Waals surface area contributed by atoms with Gasteiger partial charge in [-0.1, -0.05) is 25.1 Å². The molecule has 0 saturated heterocycles. The zero-order valence-corrected chi connectivity index (χ0v) is 14.2. The lowest BCUT2D eigenvalue weighted by Crippen LogP contribution is -2.12. The van der Waals surface area contributed by atoms with Gasteiger partial charge < -0.3 is 5.32 Å². The first-order valence-electron chi connectivity index (χ1n) is 8.08. The van der Waals surface area contributed by atoms with Crippen molar-refractivity contribution in [1.82, 2.24) is 9.78 Å². The molecule has 0 bridgehead atoms. The summed E-state index contributed by atoms with van der Waals surface area (Å²) in [5, 5.41) is 16.3. The Kier molecular flexibility index (Phi) is 4.62. The van der Waals surface area contributed by atoms with Crippen molar-refractivity contribution in [2.24, 2.45) is 0 Å². The van der Waals surface area contributed by atoms with Crippen LogP contribution in [-0.4, -0.2) is 15.7 Å². The molecular formula is C20H18N4O. The van der Waals surface area contributed by atoms with Crippen LogP contribution >= 0.6 is 0 Å². The zero-order chi connectivity index (χ0) is 17.8. The molecule has 0 radical (unpaired) electrons. The van der Waals surface area contributed by atoms with Crippen molar-refractivity contribution in [1.29, 1.82) is 5.26 Å². The number of hydrogen-bond donors (Lipinski definition) is 1. The lowest BCUT2D eigenvalue weighted by molar-refractivity contribution is 0.102. The third-order valence-electron chi connectivity index (χ3n) is 3.89. The molecule has 0 saturated carbocycles. The average Bonchev–Trinajstić information content (AvgIpc) is 3.04. The Morgan fingerprint density at radius 2 is 2.00 bits per heavy atom. The number of amides is 1. The number of anilines is 1. The Morgan fingerprint density at radius 1 is 1.20 bits per heavy atom. The highest BCUT2D eigenvalue weighted by molar-refractivity contribution is 6.04. The van der Waals surface area contributed by atoms with E-state index in [1.165, 1.54) is 0 Å². The van der Waals surface area contributed by atoms with Crippen molar-refractivity contribution in [2.45, 2.75) is 20.3 Å². The smallest absolute Gasteiger partial charge is 0.256 e. The van der Waals surface area contributed by atoms with Crippen molar-refractivity contribution in [3.8, 4) is 11.8 Å². The first kappa shape index (κ1) is 16.5. The summed E-state index contributed by atoms with van der Waals surface area (Å²) < 4.78 is 1.84. The van der Waals surface area contributed by atoms with E-state index >= 15 is 0 Å². The largest absolute Gasteiger partial charge is 0.305 e. The molecule has 0 unspecified atom stereocenters. The van der Waals surface area contributed by atoms with Gasteiger partial charge in [-0.05, 0) is 49.2 Å². The molecule has 5 heteroatoms. The van der Waals surface area contributed by atoms with Crippen LogP contribution in [0.15, 0.2) is 54.6 Å². The minimum absolute atomic E-state index is 0.284. The molecular weight excluding hydrogens is 312 g/mol. The Bertz CT molecular complexity index is 966. The standard InChI is InChI=1S/C20H18N4O/c1-3-17-12-19(23-24(17)18-9-4-6-14(2)10-18)22-20(25)16-8-5-7-15(11-16)13-21/h4-12H,3H2,1-2H3,(H,22,23,25). The van der Waals surface area contributed by atoms with E-state index in [0.29, 0.717) is 16.9 Å². The van der Waals surface area contributed by atoms with Gasteiger partial charge in [0.1, 0.15) is 0 Å². The van der Waals surface area contributed by atoms with Crippen LogP contribution in [0, 0.1) is 18.3 Å². The highest BCUT2D eigenvalue weighted by Gasteiger charge is 2.12. The van der Waals surface area contributed by atoms with Gasteiger partial charge in [-0.2, -0.15) is 5.26 Å². The molecule has 2 aromatic carbocycles. The molecule has 3 rings (SSSR count). The predicted octanol–water partition coefficient (Wildman–Crippen LogP) is 3.87. The molecule has 0 fully saturated rings. The Labute approximate surface area is 146 Å². The van der Waals surface area contributed by atoms with Crippen LogP contribution in [0.4, 0.5) is 5.82 Å². The molecule has 0 spiro atoms. The minimum Gasteiger partial charge on any atom is -0.305 e. The van der Waals surface area contributed by atoms with Crippen LogP contribution in [0.5, 0.6) is 0 Å². The van der Waals surface area contributed by atoms with Gasteiger partial charge in [-0.3, -0.25) is 4.79 Å². The molecule has 5 nitrogen and oxygen atoms in total. The van der Waals surface area contributed by atoms with E-state index in [9.17, 15) is 4.79 Å². The fraction of sp³-hybridized carbons (Fsp3) is 0.150. The third-order valence-corrected chi connectivity index (χ3v) is 3.89. The lowest BCUT2D eigenvalue weighted by Gasteiger charge is -2.06. The van der Waals surface area contributed by atoms with Crippen LogP contribution < -0.4 is 5.32 Å². The monoisotopic (exact) mass is 330 g/mol. The van der Waals surface area contributed by atoms with Gasteiger partial charge in [0.25, 0.3) is 5.91 Å². The number of carbonyl (C=O) groups is 1. The first-order chi connectivity index (χ1) is 12.1. The average molecular weight is 330 g/mol. The van der Waals surface area contributed by atoms with Crippen molar-refractivity contribution in [3.05, 3.63) is 77.0 Å². The number of nitrogens with zero attached hydrogens (tertiary/aromatic N) is 3. The number of nitriles is 1. The molecule has 1 aromatic heterocycles. The molecule has 1 N–H and O–H groups in total. The van der Waals surface area contributed by atoms with Crippen molar-refractivity contribution in [2.75, 3.05) is 5.32 Å². The predicted molar refractivity (Wildman–Crippen MR) is 96.8 cm³/mol. The van der Waals surface area contributed by atoms with E-state index in [1.807, 2.05) is 54.9 Å². The molecule has 3 aromatic rings. The van der Waals surface area contributed by atoms with E-state index in [-0.39, 0.29) is 5.91 Å². The van der Waals surface area contributed by atoms with Crippen molar-refractivity contribution >= 4 is 11.7 Å². The van der Waals surface area contributed by atoms with Crippen LogP contribution in [-0.2, 0) is 6.42 Å². The summed E-state index contributed by atoms with van der Waals surface area (Å²) in [4.78, 5) is 12.4. The summed E-state index contributed by atoms with van der Waals surface area (Å²) in [5.41, 5.74) is 4.00. The molecule has 0 atom stereocenters. The minimum atomic E-state index is -0.284. The summed E-state index contributed by atoms with van der Waals surface area (Å²) in [5.74, 6) is 0.208. The number of aryl methyl sites for hydroxylation is 2. The molecule has 0 aliphatic heterocycles. The molecule has 0 aliphatic carbocycles. The van der Waals surface area contributed by atoms with Gasteiger partial charge in [0.2, 0.25) is 0 Å². The number of nitrogens with one attached hydrogen (secondary N) is 1. The number of benzene rings is 2. The summed E-state index contributed by atoms with van der Waals surface area (Å²) in [6, 6.07) is 18.6. The summed E-state index contributed by atoms with van der Waals surface area (Å²) >= 11 is 0. The zero-order valence-electron chi connectivity index (χ0n) is 14.2. The van der Waals surface area contributed by atoms with Gasteiger partial charge in [-0.15, -0.1) is 5.10 Å². The lowest BCUT2D eigenvalue weighted by atomic mass is 10.1. The van der Waals surface area contributed by atoms with Gasteiger partial charge in [0.15, 0.2) is 5.82 Å². The maximum absolute atomic E-state index is 12.4. The van der Waals surface area contributed by atoms with Crippen molar-refractivity contribution in [3.63, 3.8) is 0 Å². The second-order valence-electron chi connectivity index (χ2n) is 5.77. The SMILES string of the molecule is CCc1cc(NC(=O)c2cccc(C#N)c2)nn1-c1cccc(C)c1. The Balaban J connectivity index is 1.88. The van der Waals surface area contributed by atoms with Crippen LogP contribution in [0.25, 0.3) is 5.69 Å². The van der Waals surface area contributed by atoms with Crippen molar-refractivity contribution < 1.29 is 4.79 Å². The van der Waals surface area contributed by atoms with Crippen LogP contribution in [0.2, 0.25) is 0 Å². The summed E-state index contributed by atoms with van der Waals surface area (Å²) in [6.07, 6.45) is 0.792. The van der Waals surface area contributed by atoms with Gasteiger partial charge in [0.05, 0.1) is 17.3 Å². The topological polar surface area (TPSA) is 70.7 Å². The fourth-order valence-electron chi connectivity index (χ4n) is 2.63. The maximum Gasteiger partial charge on any atom is 0.256 e. The first-order valence-corrected chi connectivity index (χ1v) is 8.08. The van der Waals surface area contributed by atoms with Gasteiger partial charge in [0, 0.05) is 17.3 Å². The highest BCUT2D eigenvalue weighted by Crippen LogP contribution is 2.18. The Morgan fingerprint density at radius 3 is 2.72 bits per heavy atom. The summed E-state index contributed by atoms with van der Waals surface area (Å²) in [6.45, 7) is 4.08.